The summed E-state index contributed by atoms with van der Waals surface area (Å²) in [4.78, 5) is 30.9. The van der Waals surface area contributed by atoms with Crippen molar-refractivity contribution in [3.63, 3.8) is 0 Å². The summed E-state index contributed by atoms with van der Waals surface area (Å²) in [7, 11) is 0. The molecule has 4 fully saturated rings. The van der Waals surface area contributed by atoms with Crippen LogP contribution in [-0.2, 0) is 9.53 Å². The number of fused-ring (bicyclic) bond motifs is 7. The van der Waals surface area contributed by atoms with E-state index in [1.165, 1.54) is 12.8 Å². The quantitative estimate of drug-likeness (QED) is 0.268. The molecule has 0 N–H and O–H groups in total. The van der Waals surface area contributed by atoms with Gasteiger partial charge in [0.05, 0.1) is 5.41 Å². The van der Waals surface area contributed by atoms with Gasteiger partial charge in [-0.25, -0.2) is 4.98 Å². The van der Waals surface area contributed by atoms with E-state index >= 15 is 0 Å². The molecule has 226 valence electrons. The molecule has 0 aliphatic heterocycles. The second-order valence-corrected chi connectivity index (χ2v) is 16.4. The Morgan fingerprint density at radius 1 is 0.951 bits per heavy atom. The third-order valence-corrected chi connectivity index (χ3v) is 14.7. The van der Waals surface area contributed by atoms with Crippen LogP contribution >= 0.6 is 0 Å². The Kier molecular flexibility index (Phi) is 6.61. The van der Waals surface area contributed by atoms with Crippen molar-refractivity contribution in [3.8, 4) is 0 Å². The number of rotatable bonds is 2. The Labute approximate surface area is 248 Å². The minimum absolute atomic E-state index is 0.00484. The molecule has 10 atom stereocenters. The Morgan fingerprint density at radius 2 is 1.68 bits per heavy atom. The first-order chi connectivity index (χ1) is 19.1. The fourth-order valence-electron chi connectivity index (χ4n) is 12.1. The van der Waals surface area contributed by atoms with E-state index in [-0.39, 0.29) is 45.1 Å². The molecule has 4 saturated carbocycles. The van der Waals surface area contributed by atoms with Gasteiger partial charge in [0, 0.05) is 24.7 Å². The van der Waals surface area contributed by atoms with E-state index in [1.807, 2.05) is 17.7 Å². The van der Waals surface area contributed by atoms with Crippen molar-refractivity contribution < 1.29 is 14.3 Å². The summed E-state index contributed by atoms with van der Waals surface area (Å²) >= 11 is 0. The highest BCUT2D eigenvalue weighted by Crippen LogP contribution is 2.76. The number of carbonyl (C=O) groups is 2. The number of esters is 1. The second-order valence-electron chi connectivity index (χ2n) is 16.4. The summed E-state index contributed by atoms with van der Waals surface area (Å²) < 4.78 is 7.79. The molecule has 0 saturated heterocycles. The Bertz CT molecular complexity index is 1280. The van der Waals surface area contributed by atoms with Gasteiger partial charge < -0.3 is 4.74 Å². The van der Waals surface area contributed by atoms with E-state index in [0.717, 1.165) is 50.8 Å². The molecule has 0 amide bonds. The van der Waals surface area contributed by atoms with Crippen LogP contribution in [0.25, 0.3) is 0 Å². The van der Waals surface area contributed by atoms with Crippen molar-refractivity contribution in [2.24, 2.45) is 56.7 Å². The zero-order valence-electron chi connectivity index (χ0n) is 27.2. The maximum Gasteiger partial charge on any atom is 0.302 e. The molecule has 0 spiro atoms. The highest BCUT2D eigenvalue weighted by atomic mass is 16.5. The lowest BCUT2D eigenvalue weighted by Crippen LogP contribution is -2.65. The van der Waals surface area contributed by atoms with Gasteiger partial charge >= 0.3 is 5.97 Å². The van der Waals surface area contributed by atoms with Gasteiger partial charge in [0.2, 0.25) is 5.91 Å². The van der Waals surface area contributed by atoms with Crippen molar-refractivity contribution in [3.05, 3.63) is 29.9 Å². The number of allylic oxidation sites excluding steroid dienone is 2. The normalized spacial score (nSPS) is 46.7. The number of aryl methyl sites for hydroxylation is 1. The third kappa shape index (κ3) is 3.75. The number of hydrogen-bond acceptors (Lipinski definition) is 4. The number of carbonyl (C=O) groups excluding carboxylic acids is 2. The molecule has 5 nitrogen and oxygen atoms in total. The molecule has 0 radical (unpaired) electrons. The zero-order chi connectivity index (χ0) is 29.8. The minimum Gasteiger partial charge on any atom is -0.462 e. The van der Waals surface area contributed by atoms with Crippen molar-refractivity contribution in [2.45, 2.75) is 126 Å². The maximum atomic E-state index is 14.5. The lowest BCUT2D eigenvalue weighted by atomic mass is 9.33. The topological polar surface area (TPSA) is 61.2 Å². The molecule has 0 unspecified atom stereocenters. The molecule has 0 aromatic carbocycles. The highest BCUT2D eigenvalue weighted by Gasteiger charge is 2.69. The predicted molar refractivity (Wildman–Crippen MR) is 162 cm³/mol. The van der Waals surface area contributed by atoms with E-state index in [4.69, 9.17) is 4.74 Å². The van der Waals surface area contributed by atoms with Crippen LogP contribution in [-0.4, -0.2) is 27.5 Å². The van der Waals surface area contributed by atoms with Gasteiger partial charge in [-0.1, -0.05) is 60.1 Å². The number of aromatic nitrogens is 2. The van der Waals surface area contributed by atoms with Gasteiger partial charge in [0.1, 0.15) is 11.9 Å². The average molecular weight is 563 g/mol. The summed E-state index contributed by atoms with van der Waals surface area (Å²) in [6, 6.07) is 0. The zero-order valence-corrected chi connectivity index (χ0v) is 27.2. The minimum atomic E-state index is -0.336. The summed E-state index contributed by atoms with van der Waals surface area (Å²) in [5, 5.41) is 0. The van der Waals surface area contributed by atoms with Crippen LogP contribution in [0.5, 0.6) is 0 Å². The molecule has 41 heavy (non-hydrogen) atoms. The van der Waals surface area contributed by atoms with Crippen molar-refractivity contribution in [2.75, 3.05) is 0 Å². The van der Waals surface area contributed by atoms with Gasteiger partial charge in [-0.3, -0.25) is 14.2 Å². The number of imidazole rings is 1. The largest absolute Gasteiger partial charge is 0.462 e. The van der Waals surface area contributed by atoms with E-state index < -0.39 is 0 Å². The summed E-state index contributed by atoms with van der Waals surface area (Å²) in [5.41, 5.74) is 1.73. The van der Waals surface area contributed by atoms with Crippen LogP contribution in [0.15, 0.2) is 24.0 Å². The van der Waals surface area contributed by atoms with Crippen LogP contribution < -0.4 is 0 Å². The molecule has 1 aromatic rings. The maximum absolute atomic E-state index is 14.5. The van der Waals surface area contributed by atoms with Crippen LogP contribution in [0.1, 0.15) is 124 Å². The fourth-order valence-corrected chi connectivity index (χ4v) is 12.1. The average Bonchev–Trinajstić information content (AvgIpc) is 3.33. The Balaban J connectivity index is 1.42. The number of hydrogen-bond donors (Lipinski definition) is 0. The second kappa shape index (κ2) is 9.29. The van der Waals surface area contributed by atoms with Crippen LogP contribution in [0, 0.1) is 63.6 Å². The van der Waals surface area contributed by atoms with Crippen molar-refractivity contribution in [1.29, 1.82) is 0 Å². The summed E-state index contributed by atoms with van der Waals surface area (Å²) in [5.74, 6) is 3.46. The molecule has 5 heteroatoms. The molecule has 1 aromatic heterocycles. The first-order valence-electron chi connectivity index (χ1n) is 16.6. The van der Waals surface area contributed by atoms with Crippen LogP contribution in [0.2, 0.25) is 0 Å². The highest BCUT2D eigenvalue weighted by molar-refractivity contribution is 5.87. The smallest absolute Gasteiger partial charge is 0.302 e. The standard InChI is InChI=1S/C36H54N2O3/c1-22-12-17-36(31(40)38-21-20-37-24(38)3)19-18-34(8)26(30(36)23(22)2)10-11-28-33(7)15-14-29(41-25(4)39)32(5,6)27(33)13-16-35(28,34)9/h10,20-23,27-30H,11-19H2,1-9H3/t22-,23+,27+,28-,29+,30+,33+,34-,35-,36+/m1/s1. The molecule has 6 rings (SSSR count). The molecule has 5 aliphatic rings. The van der Waals surface area contributed by atoms with Crippen LogP contribution in [0.4, 0.5) is 0 Å². The molecular formula is C36H54N2O3. The lowest BCUT2D eigenvalue weighted by Gasteiger charge is -2.71. The first-order valence-corrected chi connectivity index (χ1v) is 16.6. The molecular weight excluding hydrogens is 508 g/mol. The SMILES string of the molecule is CC(=O)O[C@H]1CC[C@]2(C)[C@H]3CC=C4[C@@H]5[C@@H](C)[C@H](C)CC[C@]5(C(=O)n5ccnc5C)CC[C@@]4(C)[C@]3(C)CC[C@H]2C1(C)C. The van der Waals surface area contributed by atoms with E-state index in [9.17, 15) is 9.59 Å². The Morgan fingerprint density at radius 3 is 2.34 bits per heavy atom. The van der Waals surface area contributed by atoms with Gasteiger partial charge in [0.25, 0.3) is 0 Å². The first kappa shape index (κ1) is 29.2. The van der Waals surface area contributed by atoms with Gasteiger partial charge in [-0.15, -0.1) is 0 Å². The van der Waals surface area contributed by atoms with Gasteiger partial charge in [-0.2, -0.15) is 0 Å². The van der Waals surface area contributed by atoms with Gasteiger partial charge in [-0.05, 0) is 111 Å². The predicted octanol–water partition coefficient (Wildman–Crippen LogP) is 8.42. The number of nitrogens with zero attached hydrogens (tertiary/aromatic N) is 2. The fraction of sp³-hybridized carbons (Fsp3) is 0.806. The Hall–Kier alpha value is -1.91. The summed E-state index contributed by atoms with van der Waals surface area (Å²) in [6.07, 6.45) is 16.1. The monoisotopic (exact) mass is 562 g/mol. The number of ether oxygens (including phenoxy) is 1. The van der Waals surface area contributed by atoms with Crippen LogP contribution in [0.3, 0.4) is 0 Å². The van der Waals surface area contributed by atoms with E-state index in [1.54, 1.807) is 18.7 Å². The third-order valence-electron chi connectivity index (χ3n) is 14.7. The molecule has 0 bridgehead atoms. The van der Waals surface area contributed by atoms with E-state index in [0.29, 0.717) is 29.6 Å². The van der Waals surface area contributed by atoms with Gasteiger partial charge in [0.15, 0.2) is 0 Å². The van der Waals surface area contributed by atoms with Crippen molar-refractivity contribution in [1.82, 2.24) is 9.55 Å². The van der Waals surface area contributed by atoms with Crippen molar-refractivity contribution >= 4 is 11.9 Å². The molecule has 1 heterocycles. The molecule has 5 aliphatic carbocycles. The van der Waals surface area contributed by atoms with E-state index in [2.05, 4.69) is 59.5 Å². The lowest BCUT2D eigenvalue weighted by molar-refractivity contribution is -0.211. The summed E-state index contributed by atoms with van der Waals surface area (Å²) in [6.45, 7) is 20.9.